The van der Waals surface area contributed by atoms with Gasteiger partial charge in [0.15, 0.2) is 5.82 Å². The van der Waals surface area contributed by atoms with Crippen molar-refractivity contribution in [2.75, 3.05) is 18.0 Å². The lowest BCUT2D eigenvalue weighted by molar-refractivity contribution is 0.616. The first-order valence-electron chi connectivity index (χ1n) is 8.48. The summed E-state index contributed by atoms with van der Waals surface area (Å²) in [6.45, 7) is 1.89. The fraction of sp³-hybridized carbons (Fsp3) is 0.200. The van der Waals surface area contributed by atoms with Crippen molar-refractivity contribution < 1.29 is 8.81 Å². The molecule has 1 saturated heterocycles. The molecular formula is C20H16FN3O. The molecule has 0 spiro atoms. The summed E-state index contributed by atoms with van der Waals surface area (Å²) in [5, 5.41) is 1.79. The van der Waals surface area contributed by atoms with Crippen LogP contribution in [0.25, 0.3) is 33.3 Å². The number of benzene rings is 2. The van der Waals surface area contributed by atoms with Crippen molar-refractivity contribution in [3.63, 3.8) is 0 Å². The van der Waals surface area contributed by atoms with E-state index < -0.39 is 0 Å². The predicted octanol–water partition coefficient (Wildman–Crippen LogP) is 4.78. The second kappa shape index (κ2) is 5.55. The van der Waals surface area contributed by atoms with Crippen LogP contribution in [0.15, 0.2) is 53.1 Å². The number of furan rings is 1. The summed E-state index contributed by atoms with van der Waals surface area (Å²) in [4.78, 5) is 11.5. The van der Waals surface area contributed by atoms with E-state index >= 15 is 0 Å². The zero-order valence-corrected chi connectivity index (χ0v) is 13.6. The number of hydrogen-bond donors (Lipinski definition) is 0. The number of nitrogens with zero attached hydrogens (tertiary/aromatic N) is 3. The Morgan fingerprint density at radius 1 is 1.00 bits per heavy atom. The van der Waals surface area contributed by atoms with E-state index in [1.165, 1.54) is 6.07 Å². The normalized spacial score (nSPS) is 14.7. The van der Waals surface area contributed by atoms with Gasteiger partial charge in [-0.1, -0.05) is 18.2 Å². The van der Waals surface area contributed by atoms with Gasteiger partial charge in [0.1, 0.15) is 22.7 Å². The summed E-state index contributed by atoms with van der Waals surface area (Å²) in [7, 11) is 0. The van der Waals surface area contributed by atoms with E-state index in [2.05, 4.69) is 9.88 Å². The number of halogens is 1. The molecule has 0 radical (unpaired) electrons. The molecule has 0 amide bonds. The highest BCUT2D eigenvalue weighted by Crippen LogP contribution is 2.31. The maximum absolute atomic E-state index is 14.4. The molecule has 0 unspecified atom stereocenters. The average Bonchev–Trinajstić information content (AvgIpc) is 3.32. The van der Waals surface area contributed by atoms with Crippen molar-refractivity contribution in [2.24, 2.45) is 0 Å². The van der Waals surface area contributed by atoms with Gasteiger partial charge in [0.25, 0.3) is 0 Å². The van der Waals surface area contributed by atoms with Crippen LogP contribution in [0.5, 0.6) is 0 Å². The molecule has 2 aromatic carbocycles. The van der Waals surface area contributed by atoms with Crippen molar-refractivity contribution in [1.82, 2.24) is 9.97 Å². The van der Waals surface area contributed by atoms with Gasteiger partial charge < -0.3 is 9.32 Å². The van der Waals surface area contributed by atoms with Gasteiger partial charge in [0, 0.05) is 29.4 Å². The molecule has 0 bridgehead atoms. The van der Waals surface area contributed by atoms with Crippen molar-refractivity contribution in [2.45, 2.75) is 12.8 Å². The van der Waals surface area contributed by atoms with E-state index in [0.717, 1.165) is 53.7 Å². The number of aromatic nitrogens is 2. The van der Waals surface area contributed by atoms with Crippen LogP contribution in [0.2, 0.25) is 0 Å². The zero-order valence-electron chi connectivity index (χ0n) is 13.6. The Bertz CT molecular complexity index is 1080. The lowest BCUT2D eigenvalue weighted by atomic mass is 10.1. The molecule has 5 heteroatoms. The third-order valence-electron chi connectivity index (χ3n) is 4.78. The fourth-order valence-electron chi connectivity index (χ4n) is 3.49. The molecule has 0 aliphatic carbocycles. The quantitative estimate of drug-likeness (QED) is 0.529. The van der Waals surface area contributed by atoms with E-state index in [4.69, 9.17) is 9.40 Å². The van der Waals surface area contributed by atoms with E-state index in [-0.39, 0.29) is 5.82 Å². The standard InChI is InChI=1S/C20H16FN3O/c21-16-5-3-4-15-18(16)22-19(23-20(15)24-9-1-2-10-24)14-7-6-13-8-11-25-17(13)12-14/h3-8,11-12H,1-2,9-10H2. The topological polar surface area (TPSA) is 42.2 Å². The summed E-state index contributed by atoms with van der Waals surface area (Å²) in [5.41, 5.74) is 1.97. The first kappa shape index (κ1) is 14.4. The molecule has 5 rings (SSSR count). The molecule has 0 N–H and O–H groups in total. The zero-order chi connectivity index (χ0) is 16.8. The highest BCUT2D eigenvalue weighted by molar-refractivity contribution is 5.92. The number of hydrogen-bond acceptors (Lipinski definition) is 4. The summed E-state index contributed by atoms with van der Waals surface area (Å²) in [6.07, 6.45) is 3.92. The van der Waals surface area contributed by atoms with Crippen LogP contribution in [0.1, 0.15) is 12.8 Å². The monoisotopic (exact) mass is 333 g/mol. The first-order chi connectivity index (χ1) is 12.3. The largest absolute Gasteiger partial charge is 0.464 e. The number of rotatable bonds is 2. The van der Waals surface area contributed by atoms with Crippen molar-refractivity contribution >= 4 is 27.7 Å². The molecule has 1 aliphatic heterocycles. The Morgan fingerprint density at radius 3 is 2.76 bits per heavy atom. The van der Waals surface area contributed by atoms with Crippen molar-refractivity contribution in [3.8, 4) is 11.4 Å². The summed E-state index contributed by atoms with van der Waals surface area (Å²) >= 11 is 0. The molecule has 1 fully saturated rings. The lowest BCUT2D eigenvalue weighted by Crippen LogP contribution is -2.20. The summed E-state index contributed by atoms with van der Waals surface area (Å²) in [6, 6.07) is 12.8. The maximum Gasteiger partial charge on any atom is 0.162 e. The number of anilines is 1. The third-order valence-corrected chi connectivity index (χ3v) is 4.78. The van der Waals surface area contributed by atoms with Crippen LogP contribution in [0.4, 0.5) is 10.2 Å². The lowest BCUT2D eigenvalue weighted by Gasteiger charge is -2.19. The Balaban J connectivity index is 1.76. The van der Waals surface area contributed by atoms with Crippen LogP contribution < -0.4 is 4.90 Å². The van der Waals surface area contributed by atoms with Crippen LogP contribution in [-0.4, -0.2) is 23.1 Å². The first-order valence-corrected chi connectivity index (χ1v) is 8.48. The van der Waals surface area contributed by atoms with Gasteiger partial charge in [0.05, 0.1) is 6.26 Å². The molecule has 0 atom stereocenters. The van der Waals surface area contributed by atoms with Gasteiger partial charge in [-0.15, -0.1) is 0 Å². The maximum atomic E-state index is 14.4. The van der Waals surface area contributed by atoms with Gasteiger partial charge in [-0.3, -0.25) is 0 Å². The minimum atomic E-state index is -0.319. The van der Waals surface area contributed by atoms with Gasteiger partial charge in [0.2, 0.25) is 0 Å². The third kappa shape index (κ3) is 2.35. The van der Waals surface area contributed by atoms with E-state index in [1.807, 2.05) is 30.3 Å². The highest BCUT2D eigenvalue weighted by atomic mass is 19.1. The second-order valence-corrected chi connectivity index (χ2v) is 6.37. The molecule has 4 nitrogen and oxygen atoms in total. The molecule has 3 heterocycles. The number of para-hydroxylation sites is 1. The SMILES string of the molecule is Fc1cccc2c(N3CCCC3)nc(-c3ccc4ccoc4c3)nc12. The second-order valence-electron chi connectivity index (χ2n) is 6.37. The van der Waals surface area contributed by atoms with Crippen LogP contribution >= 0.6 is 0 Å². The van der Waals surface area contributed by atoms with Crippen LogP contribution in [0.3, 0.4) is 0 Å². The molecule has 1 aliphatic rings. The number of fused-ring (bicyclic) bond motifs is 2. The Hall–Kier alpha value is -2.95. The fourth-order valence-corrected chi connectivity index (χ4v) is 3.49. The van der Waals surface area contributed by atoms with Gasteiger partial charge in [-0.05, 0) is 37.1 Å². The summed E-state index contributed by atoms with van der Waals surface area (Å²) in [5.74, 6) is 1.02. The smallest absolute Gasteiger partial charge is 0.162 e. The minimum absolute atomic E-state index is 0.319. The molecule has 124 valence electrons. The van der Waals surface area contributed by atoms with Gasteiger partial charge >= 0.3 is 0 Å². The minimum Gasteiger partial charge on any atom is -0.464 e. The Morgan fingerprint density at radius 2 is 1.88 bits per heavy atom. The average molecular weight is 333 g/mol. The van der Waals surface area contributed by atoms with Gasteiger partial charge in [-0.25, -0.2) is 14.4 Å². The highest BCUT2D eigenvalue weighted by Gasteiger charge is 2.20. The van der Waals surface area contributed by atoms with Crippen molar-refractivity contribution in [1.29, 1.82) is 0 Å². The predicted molar refractivity (Wildman–Crippen MR) is 96.2 cm³/mol. The Kier molecular flexibility index (Phi) is 3.20. The van der Waals surface area contributed by atoms with Crippen molar-refractivity contribution in [3.05, 3.63) is 54.5 Å². The van der Waals surface area contributed by atoms with Gasteiger partial charge in [-0.2, -0.15) is 0 Å². The molecule has 25 heavy (non-hydrogen) atoms. The molecule has 2 aromatic heterocycles. The van der Waals surface area contributed by atoms with E-state index in [0.29, 0.717) is 11.3 Å². The molecule has 4 aromatic rings. The molecule has 0 saturated carbocycles. The van der Waals surface area contributed by atoms with E-state index in [1.54, 1.807) is 12.3 Å². The summed E-state index contributed by atoms with van der Waals surface area (Å²) < 4.78 is 19.9. The van der Waals surface area contributed by atoms with Crippen LogP contribution in [0, 0.1) is 5.82 Å². The van der Waals surface area contributed by atoms with E-state index in [9.17, 15) is 4.39 Å². The molecular weight excluding hydrogens is 317 g/mol. The van der Waals surface area contributed by atoms with Crippen LogP contribution in [-0.2, 0) is 0 Å². The Labute approximate surface area is 143 Å².